The Morgan fingerprint density at radius 1 is 1.03 bits per heavy atom. The Balaban J connectivity index is 1.18. The van der Waals surface area contributed by atoms with Gasteiger partial charge in [0.1, 0.15) is 6.54 Å². The van der Waals surface area contributed by atoms with Gasteiger partial charge in [-0.3, -0.25) is 24.3 Å². The van der Waals surface area contributed by atoms with Gasteiger partial charge >= 0.3 is 5.97 Å². The first-order chi connectivity index (χ1) is 15.9. The fourth-order valence-corrected chi connectivity index (χ4v) is 4.17. The monoisotopic (exact) mass is 451 g/mol. The Morgan fingerprint density at radius 3 is 2.55 bits per heavy atom. The number of benzene rings is 2. The zero-order valence-electron chi connectivity index (χ0n) is 17.6. The number of amides is 1. The van der Waals surface area contributed by atoms with Gasteiger partial charge in [0.05, 0.1) is 10.8 Å². The number of H-pyrrole nitrogens is 1. The maximum Gasteiger partial charge on any atom is 0.328 e. The molecule has 3 aromatic rings. The number of aromatic nitrogens is 2. The molecule has 10 heteroatoms. The van der Waals surface area contributed by atoms with Crippen molar-refractivity contribution >= 4 is 28.3 Å². The Morgan fingerprint density at radius 2 is 1.76 bits per heavy atom. The number of carbonyl (C=O) groups is 2. The van der Waals surface area contributed by atoms with Crippen molar-refractivity contribution in [3.8, 4) is 11.5 Å². The number of nitrogens with zero attached hydrogens (tertiary/aromatic N) is 1. The molecule has 1 aromatic heterocycles. The summed E-state index contributed by atoms with van der Waals surface area (Å²) in [4.78, 5) is 49.0. The van der Waals surface area contributed by atoms with Crippen LogP contribution in [0.3, 0.4) is 0 Å². The van der Waals surface area contributed by atoms with Crippen molar-refractivity contribution < 1.29 is 23.8 Å². The van der Waals surface area contributed by atoms with Crippen molar-refractivity contribution in [2.45, 2.75) is 38.0 Å². The van der Waals surface area contributed by atoms with Crippen molar-refractivity contribution in [1.29, 1.82) is 0 Å². The molecule has 2 heterocycles. The van der Waals surface area contributed by atoms with Crippen LogP contribution in [0.5, 0.6) is 11.5 Å². The molecule has 0 unspecified atom stereocenters. The number of esters is 1. The first-order valence-electron chi connectivity index (χ1n) is 10.6. The van der Waals surface area contributed by atoms with Crippen LogP contribution in [-0.4, -0.2) is 34.1 Å². The van der Waals surface area contributed by atoms with Crippen molar-refractivity contribution in [3.63, 3.8) is 0 Å². The minimum absolute atomic E-state index is 0.189. The van der Waals surface area contributed by atoms with Crippen LogP contribution in [0.4, 0.5) is 5.69 Å². The van der Waals surface area contributed by atoms with Crippen molar-refractivity contribution in [1.82, 2.24) is 9.78 Å². The van der Waals surface area contributed by atoms with E-state index in [4.69, 9.17) is 14.2 Å². The lowest BCUT2D eigenvalue weighted by Gasteiger charge is -2.21. The van der Waals surface area contributed by atoms with Crippen LogP contribution in [0.25, 0.3) is 10.8 Å². The molecule has 0 bridgehead atoms. The second kappa shape index (κ2) is 8.12. The largest absolute Gasteiger partial charge is 0.454 e. The topological polar surface area (TPSA) is 129 Å². The maximum atomic E-state index is 12.5. The summed E-state index contributed by atoms with van der Waals surface area (Å²) in [5, 5.41) is 5.40. The highest BCUT2D eigenvalue weighted by atomic mass is 16.7. The van der Waals surface area contributed by atoms with E-state index in [2.05, 4.69) is 10.4 Å². The molecule has 33 heavy (non-hydrogen) atoms. The van der Waals surface area contributed by atoms with Crippen LogP contribution < -0.4 is 25.9 Å². The molecule has 1 fully saturated rings. The molecule has 170 valence electrons. The molecule has 10 nitrogen and oxygen atoms in total. The van der Waals surface area contributed by atoms with E-state index in [1.807, 2.05) is 0 Å². The average Bonchev–Trinajstić information content (AvgIpc) is 3.41. The van der Waals surface area contributed by atoms with Gasteiger partial charge in [0.25, 0.3) is 22.8 Å². The highest BCUT2D eigenvalue weighted by molar-refractivity contribution is 5.93. The Labute approximate surface area is 187 Å². The summed E-state index contributed by atoms with van der Waals surface area (Å²) < 4.78 is 17.7. The van der Waals surface area contributed by atoms with E-state index in [9.17, 15) is 19.2 Å². The highest BCUT2D eigenvalue weighted by Crippen LogP contribution is 2.47. The Kier molecular flexibility index (Phi) is 5.12. The first kappa shape index (κ1) is 20.8. The van der Waals surface area contributed by atoms with Gasteiger partial charge in [0.2, 0.25) is 0 Å². The number of aromatic amines is 1. The van der Waals surface area contributed by atoms with Crippen LogP contribution in [0, 0.1) is 0 Å². The third kappa shape index (κ3) is 4.07. The van der Waals surface area contributed by atoms with E-state index in [0.717, 1.165) is 30.4 Å². The van der Waals surface area contributed by atoms with E-state index >= 15 is 0 Å². The van der Waals surface area contributed by atoms with Crippen LogP contribution in [0.2, 0.25) is 0 Å². The summed E-state index contributed by atoms with van der Waals surface area (Å²) in [5.74, 6) is -0.797. The summed E-state index contributed by atoms with van der Waals surface area (Å²) in [6.07, 6.45) is 3.74. The molecule has 0 radical (unpaired) electrons. The van der Waals surface area contributed by atoms with Gasteiger partial charge in [-0.15, -0.1) is 0 Å². The minimum atomic E-state index is -0.841. The summed E-state index contributed by atoms with van der Waals surface area (Å²) in [5.41, 5.74) is -0.562. The van der Waals surface area contributed by atoms with E-state index in [0.29, 0.717) is 17.2 Å². The molecule has 1 aliphatic heterocycles. The number of nitrogens with one attached hydrogen (secondary N) is 2. The zero-order chi connectivity index (χ0) is 23.0. The average molecular weight is 451 g/mol. The van der Waals surface area contributed by atoms with Gasteiger partial charge in [0, 0.05) is 24.6 Å². The zero-order valence-corrected chi connectivity index (χ0v) is 17.6. The Hall–Kier alpha value is -4.08. The number of rotatable bonds is 5. The van der Waals surface area contributed by atoms with Gasteiger partial charge in [-0.2, -0.15) is 0 Å². The van der Waals surface area contributed by atoms with Gasteiger partial charge in [0.15, 0.2) is 18.1 Å². The van der Waals surface area contributed by atoms with Crippen LogP contribution in [0.1, 0.15) is 25.7 Å². The Bertz CT molecular complexity index is 1370. The van der Waals surface area contributed by atoms with E-state index in [-0.39, 0.29) is 10.8 Å². The van der Waals surface area contributed by atoms with Crippen LogP contribution in [-0.2, 0) is 20.9 Å². The standard InChI is InChI=1S/C23H21N3O7/c27-19(24-14-7-8-17-18(11-14)33-23(32-17)9-3-4-10-23)13-31-20(28)12-26-22(30)16-6-2-1-5-15(16)21(29)25-26/h1-2,5-8,11H,3-4,9-10,12-13H2,(H,24,27)(H,25,29). The van der Waals surface area contributed by atoms with Gasteiger partial charge in [-0.05, 0) is 37.1 Å². The quantitative estimate of drug-likeness (QED) is 0.567. The molecule has 1 saturated carbocycles. The normalized spacial score (nSPS) is 15.6. The minimum Gasteiger partial charge on any atom is -0.454 e. The number of hydrogen-bond acceptors (Lipinski definition) is 7. The molecule has 0 saturated heterocycles. The van der Waals surface area contributed by atoms with Gasteiger partial charge in [-0.1, -0.05) is 12.1 Å². The number of ether oxygens (including phenoxy) is 3. The molecule has 2 aliphatic rings. The molecule has 5 rings (SSSR count). The van der Waals surface area contributed by atoms with Crippen molar-refractivity contribution in [3.05, 3.63) is 63.2 Å². The van der Waals surface area contributed by atoms with E-state index in [1.54, 1.807) is 30.3 Å². The lowest BCUT2D eigenvalue weighted by atomic mass is 10.2. The molecular weight excluding hydrogens is 430 g/mol. The second-order valence-electron chi connectivity index (χ2n) is 8.07. The second-order valence-corrected chi connectivity index (χ2v) is 8.07. The molecule has 1 spiro atoms. The predicted molar refractivity (Wildman–Crippen MR) is 117 cm³/mol. The van der Waals surface area contributed by atoms with Crippen molar-refractivity contribution in [2.75, 3.05) is 11.9 Å². The number of carbonyl (C=O) groups excluding carboxylic acids is 2. The smallest absolute Gasteiger partial charge is 0.328 e. The fraction of sp³-hybridized carbons (Fsp3) is 0.304. The summed E-state index contributed by atoms with van der Waals surface area (Å²) >= 11 is 0. The molecule has 1 amide bonds. The van der Waals surface area contributed by atoms with Crippen molar-refractivity contribution in [2.24, 2.45) is 0 Å². The molecule has 2 aromatic carbocycles. The van der Waals surface area contributed by atoms with Gasteiger partial charge < -0.3 is 19.5 Å². The van der Waals surface area contributed by atoms with E-state index in [1.165, 1.54) is 12.1 Å². The van der Waals surface area contributed by atoms with Crippen LogP contribution in [0.15, 0.2) is 52.1 Å². The lowest BCUT2D eigenvalue weighted by Crippen LogP contribution is -2.34. The number of hydrogen-bond donors (Lipinski definition) is 2. The van der Waals surface area contributed by atoms with E-state index < -0.39 is 41.9 Å². The lowest BCUT2D eigenvalue weighted by molar-refractivity contribution is -0.148. The fourth-order valence-electron chi connectivity index (χ4n) is 4.17. The molecule has 2 N–H and O–H groups in total. The SMILES string of the molecule is O=C(COC(=O)Cn1[nH]c(=O)c2ccccc2c1=O)Nc1ccc2c(c1)OC1(CCCC1)O2. The number of fused-ring (bicyclic) bond motifs is 2. The number of anilines is 1. The maximum absolute atomic E-state index is 12.5. The highest BCUT2D eigenvalue weighted by Gasteiger charge is 2.44. The third-order valence-electron chi connectivity index (χ3n) is 5.72. The molecular formula is C23H21N3O7. The summed E-state index contributed by atoms with van der Waals surface area (Å²) in [7, 11) is 0. The summed E-state index contributed by atoms with van der Waals surface area (Å²) in [6, 6.07) is 11.4. The molecule has 0 atom stereocenters. The molecule has 1 aliphatic carbocycles. The van der Waals surface area contributed by atoms with Gasteiger partial charge in [-0.25, -0.2) is 4.68 Å². The predicted octanol–water partition coefficient (Wildman–Crippen LogP) is 1.91. The first-order valence-corrected chi connectivity index (χ1v) is 10.6. The van der Waals surface area contributed by atoms with Crippen LogP contribution >= 0.6 is 0 Å². The summed E-state index contributed by atoms with van der Waals surface area (Å²) in [6.45, 7) is -1.08. The third-order valence-corrected chi connectivity index (χ3v) is 5.72.